The van der Waals surface area contributed by atoms with Gasteiger partial charge in [0.1, 0.15) is 0 Å². The Labute approximate surface area is 125 Å². The lowest BCUT2D eigenvalue weighted by Crippen LogP contribution is -2.36. The molecule has 2 heteroatoms. The maximum absolute atomic E-state index is 11.7. The van der Waals surface area contributed by atoms with Gasteiger partial charge in [0.15, 0.2) is 0 Å². The van der Waals surface area contributed by atoms with Gasteiger partial charge in [-0.25, -0.2) is 0 Å². The Hall–Kier alpha value is -0.530. The first-order valence-corrected chi connectivity index (χ1v) is 8.42. The second-order valence-electron chi connectivity index (χ2n) is 7.80. The van der Waals surface area contributed by atoms with Crippen molar-refractivity contribution in [3.05, 3.63) is 0 Å². The van der Waals surface area contributed by atoms with Crippen molar-refractivity contribution in [2.45, 2.75) is 73.6 Å². The number of carbonyl (C=O) groups excluding carboxylic acids is 1. The number of rotatable bonds is 6. The van der Waals surface area contributed by atoms with Crippen LogP contribution in [0.4, 0.5) is 0 Å². The SMILES string of the molecule is CC(C)C(=O)OCC(C)(C)[C@@H](C)[C@@H](C)C1CCCCC1. The Balaban J connectivity index is 2.53. The van der Waals surface area contributed by atoms with Gasteiger partial charge in [0.2, 0.25) is 0 Å². The molecule has 2 atom stereocenters. The van der Waals surface area contributed by atoms with E-state index in [-0.39, 0.29) is 17.3 Å². The molecular weight excluding hydrogens is 248 g/mol. The molecule has 1 aliphatic carbocycles. The summed E-state index contributed by atoms with van der Waals surface area (Å²) in [5.41, 5.74) is 0.0570. The predicted molar refractivity (Wildman–Crippen MR) is 84.5 cm³/mol. The zero-order valence-corrected chi connectivity index (χ0v) is 14.4. The third-order valence-corrected chi connectivity index (χ3v) is 5.47. The molecule has 0 bridgehead atoms. The minimum Gasteiger partial charge on any atom is -0.465 e. The van der Waals surface area contributed by atoms with Crippen LogP contribution in [0.1, 0.15) is 73.6 Å². The van der Waals surface area contributed by atoms with E-state index in [0.29, 0.717) is 18.4 Å². The highest BCUT2D eigenvalue weighted by Crippen LogP contribution is 2.41. The van der Waals surface area contributed by atoms with Crippen LogP contribution in [-0.2, 0) is 9.53 Å². The molecule has 1 saturated carbocycles. The van der Waals surface area contributed by atoms with E-state index in [4.69, 9.17) is 4.74 Å². The van der Waals surface area contributed by atoms with Gasteiger partial charge in [-0.05, 0) is 17.8 Å². The quantitative estimate of drug-likeness (QED) is 0.636. The Morgan fingerprint density at radius 1 is 1.10 bits per heavy atom. The summed E-state index contributed by atoms with van der Waals surface area (Å²) in [6.45, 7) is 13.5. The molecule has 0 saturated heterocycles. The fraction of sp³-hybridized carbons (Fsp3) is 0.944. The van der Waals surface area contributed by atoms with Gasteiger partial charge in [-0.2, -0.15) is 0 Å². The van der Waals surface area contributed by atoms with Crippen molar-refractivity contribution in [3.8, 4) is 0 Å². The van der Waals surface area contributed by atoms with E-state index in [9.17, 15) is 4.79 Å². The summed E-state index contributed by atoms with van der Waals surface area (Å²) in [6, 6.07) is 0. The van der Waals surface area contributed by atoms with Gasteiger partial charge >= 0.3 is 5.97 Å². The first kappa shape index (κ1) is 17.5. The van der Waals surface area contributed by atoms with Crippen molar-refractivity contribution in [2.75, 3.05) is 6.61 Å². The van der Waals surface area contributed by atoms with Crippen LogP contribution >= 0.6 is 0 Å². The Morgan fingerprint density at radius 2 is 1.65 bits per heavy atom. The van der Waals surface area contributed by atoms with Gasteiger partial charge in [0.25, 0.3) is 0 Å². The first-order valence-electron chi connectivity index (χ1n) is 8.42. The van der Waals surface area contributed by atoms with Crippen LogP contribution in [0.2, 0.25) is 0 Å². The monoisotopic (exact) mass is 282 g/mol. The van der Waals surface area contributed by atoms with Gasteiger partial charge in [0, 0.05) is 5.41 Å². The van der Waals surface area contributed by atoms with Crippen LogP contribution in [0.15, 0.2) is 0 Å². The predicted octanol–water partition coefficient (Wildman–Crippen LogP) is 5.06. The first-order chi connectivity index (χ1) is 9.25. The van der Waals surface area contributed by atoms with E-state index >= 15 is 0 Å². The summed E-state index contributed by atoms with van der Waals surface area (Å²) in [4.78, 5) is 11.7. The van der Waals surface area contributed by atoms with Crippen molar-refractivity contribution in [3.63, 3.8) is 0 Å². The summed E-state index contributed by atoms with van der Waals surface area (Å²) >= 11 is 0. The summed E-state index contributed by atoms with van der Waals surface area (Å²) in [6.07, 6.45) is 6.96. The van der Waals surface area contributed by atoms with Crippen molar-refractivity contribution < 1.29 is 9.53 Å². The van der Waals surface area contributed by atoms with E-state index in [1.54, 1.807) is 0 Å². The van der Waals surface area contributed by atoms with E-state index in [0.717, 1.165) is 5.92 Å². The van der Waals surface area contributed by atoms with E-state index in [1.165, 1.54) is 32.1 Å². The molecule has 0 heterocycles. The molecule has 0 N–H and O–H groups in total. The number of hydrogen-bond acceptors (Lipinski definition) is 2. The highest BCUT2D eigenvalue weighted by Gasteiger charge is 2.35. The fourth-order valence-electron chi connectivity index (χ4n) is 3.34. The van der Waals surface area contributed by atoms with Gasteiger partial charge in [0.05, 0.1) is 12.5 Å². The average molecular weight is 282 g/mol. The molecule has 0 aromatic rings. The molecule has 2 nitrogen and oxygen atoms in total. The molecule has 0 aromatic carbocycles. The van der Waals surface area contributed by atoms with Crippen LogP contribution in [0.5, 0.6) is 0 Å². The van der Waals surface area contributed by atoms with Gasteiger partial charge < -0.3 is 4.74 Å². The Bertz CT molecular complexity index is 301. The molecule has 1 aliphatic rings. The molecule has 1 fully saturated rings. The minimum atomic E-state index is -0.0735. The van der Waals surface area contributed by atoms with Crippen molar-refractivity contribution >= 4 is 5.97 Å². The minimum absolute atomic E-state index is 0.0307. The van der Waals surface area contributed by atoms with Gasteiger partial charge in [-0.1, -0.05) is 73.6 Å². The molecule has 0 spiro atoms. The topological polar surface area (TPSA) is 26.3 Å². The van der Waals surface area contributed by atoms with Gasteiger partial charge in [-0.3, -0.25) is 4.79 Å². The summed E-state index contributed by atoms with van der Waals surface area (Å²) in [7, 11) is 0. The average Bonchev–Trinajstić information content (AvgIpc) is 2.44. The number of ether oxygens (including phenoxy) is 1. The number of carbonyl (C=O) groups is 1. The van der Waals surface area contributed by atoms with Crippen LogP contribution in [-0.4, -0.2) is 12.6 Å². The zero-order chi connectivity index (χ0) is 15.3. The summed E-state index contributed by atoms with van der Waals surface area (Å²) < 4.78 is 5.49. The lowest BCUT2D eigenvalue weighted by molar-refractivity contribution is -0.152. The highest BCUT2D eigenvalue weighted by atomic mass is 16.5. The van der Waals surface area contributed by atoms with E-state index < -0.39 is 0 Å². The van der Waals surface area contributed by atoms with Crippen LogP contribution in [0.25, 0.3) is 0 Å². The third kappa shape index (κ3) is 4.79. The molecular formula is C18H34O2. The Morgan fingerprint density at radius 3 is 2.15 bits per heavy atom. The summed E-state index contributed by atoms with van der Waals surface area (Å²) in [5, 5.41) is 0. The number of hydrogen-bond donors (Lipinski definition) is 0. The lowest BCUT2D eigenvalue weighted by Gasteiger charge is -2.40. The molecule has 0 aliphatic heterocycles. The third-order valence-electron chi connectivity index (χ3n) is 5.47. The van der Waals surface area contributed by atoms with Crippen molar-refractivity contribution in [2.24, 2.45) is 29.1 Å². The normalized spacial score (nSPS) is 20.8. The molecule has 0 amide bonds. The maximum Gasteiger partial charge on any atom is 0.308 e. The largest absolute Gasteiger partial charge is 0.465 e. The highest BCUT2D eigenvalue weighted by molar-refractivity contribution is 5.71. The smallest absolute Gasteiger partial charge is 0.308 e. The van der Waals surface area contributed by atoms with Gasteiger partial charge in [-0.15, -0.1) is 0 Å². The second-order valence-corrected chi connectivity index (χ2v) is 7.80. The van der Waals surface area contributed by atoms with E-state index in [2.05, 4.69) is 27.7 Å². The Kier molecular flexibility index (Phi) is 6.54. The number of esters is 1. The second kappa shape index (κ2) is 7.47. The lowest BCUT2D eigenvalue weighted by atomic mass is 9.67. The molecule has 0 unspecified atom stereocenters. The van der Waals surface area contributed by atoms with Crippen LogP contribution in [0, 0.1) is 29.1 Å². The molecule has 0 radical (unpaired) electrons. The van der Waals surface area contributed by atoms with Crippen molar-refractivity contribution in [1.29, 1.82) is 0 Å². The molecule has 118 valence electrons. The fourth-order valence-corrected chi connectivity index (χ4v) is 3.34. The zero-order valence-electron chi connectivity index (χ0n) is 14.4. The van der Waals surface area contributed by atoms with Crippen LogP contribution < -0.4 is 0 Å². The molecule has 1 rings (SSSR count). The molecule has 0 aromatic heterocycles. The maximum atomic E-state index is 11.7. The standard InChI is InChI=1S/C18H34O2/c1-13(2)17(19)20-12-18(5,6)15(4)14(3)16-10-8-7-9-11-16/h13-16H,7-12H2,1-6H3/t14-,15+/m1/s1. The molecule has 20 heavy (non-hydrogen) atoms. The summed E-state index contributed by atoms with van der Waals surface area (Å²) in [5.74, 6) is 2.04. The van der Waals surface area contributed by atoms with Crippen molar-refractivity contribution in [1.82, 2.24) is 0 Å². The van der Waals surface area contributed by atoms with E-state index in [1.807, 2.05) is 13.8 Å². The van der Waals surface area contributed by atoms with Crippen LogP contribution in [0.3, 0.4) is 0 Å².